The minimum atomic E-state index is -5.31. The largest absolute Gasteiger partial charge is 0.504 e. The number of azo groups is 2. The predicted molar refractivity (Wildman–Crippen MR) is 205 cm³/mol. The number of aromatic carboxylic acids is 2. The molecule has 4 aromatic carbocycles. The quantitative estimate of drug-likeness (QED) is 0.0601. The highest BCUT2D eigenvalue weighted by Gasteiger charge is 2.30. The number of aromatic hydroxyl groups is 2. The van der Waals surface area contributed by atoms with Gasteiger partial charge in [-0.05, 0) is 41.8 Å². The van der Waals surface area contributed by atoms with Crippen LogP contribution in [0.1, 0.15) is 21.2 Å². The zero-order chi connectivity index (χ0) is 49.9. The van der Waals surface area contributed by atoms with Gasteiger partial charge in [0.2, 0.25) is 11.6 Å². The smallest absolute Gasteiger partial charge is 0.373 e. The number of H-pyrrole nitrogens is 2. The van der Waals surface area contributed by atoms with Gasteiger partial charge in [-0.1, -0.05) is 0 Å². The van der Waals surface area contributed by atoms with E-state index in [0.29, 0.717) is 24.3 Å². The monoisotopic (exact) mass is 1050 g/mol. The number of nitrogens with one attached hydrogen (secondary N) is 2. The van der Waals surface area contributed by atoms with Crippen molar-refractivity contribution in [2.45, 2.75) is 29.4 Å². The van der Waals surface area contributed by atoms with Gasteiger partial charge in [0.25, 0.3) is 72.6 Å². The van der Waals surface area contributed by atoms with Gasteiger partial charge in [-0.3, -0.25) is 37.5 Å². The molecule has 0 saturated carbocycles. The van der Waals surface area contributed by atoms with Crippen LogP contribution in [0, 0.1) is 0 Å². The number of benzene rings is 4. The van der Waals surface area contributed by atoms with Gasteiger partial charge in [0.1, 0.15) is 31.0 Å². The highest BCUT2D eigenvalue weighted by molar-refractivity contribution is 7.87. The molecule has 66 heavy (non-hydrogen) atoms. The number of hydrogen-bond acceptors (Lipinski definition) is 24. The highest BCUT2D eigenvalue weighted by atomic mass is 32.2. The number of carboxylic acids is 2. The molecule has 0 bridgehead atoms. The third-order valence-corrected chi connectivity index (χ3v) is 12.9. The number of rotatable bonds is 12. The number of nitrogens with zero attached hydrogens (tertiary/aromatic N) is 8. The van der Waals surface area contributed by atoms with E-state index in [1.807, 2.05) is 10.2 Å². The first kappa shape index (κ1) is 49.9. The first-order chi connectivity index (χ1) is 30.0. The fraction of sp³-hybridized carbons (Fsp3) is 0. The average Bonchev–Trinajstić information content (AvgIpc) is 3.85. The second-order valence-electron chi connectivity index (χ2n) is 12.0. The molecule has 2 aromatic heterocycles. The van der Waals surface area contributed by atoms with Gasteiger partial charge in [-0.15, -0.1) is 30.7 Å². The van der Waals surface area contributed by atoms with Crippen LogP contribution in [0.5, 0.6) is 11.5 Å². The van der Waals surface area contributed by atoms with Crippen LogP contribution in [0.25, 0.3) is 21.5 Å². The van der Waals surface area contributed by atoms with Gasteiger partial charge in [0, 0.05) is 16.2 Å². The summed E-state index contributed by atoms with van der Waals surface area (Å²) in [7, 11) is -31.3. The second kappa shape index (κ2) is 17.0. The highest BCUT2D eigenvalue weighted by Crippen LogP contribution is 2.46. The normalized spacial score (nSPS) is 13.1. The van der Waals surface area contributed by atoms with E-state index in [-0.39, 0.29) is 12.1 Å². The van der Waals surface area contributed by atoms with E-state index < -0.39 is 170 Å². The summed E-state index contributed by atoms with van der Waals surface area (Å²) >= 11 is 0. The number of aromatic nitrogens is 6. The zero-order valence-corrected chi connectivity index (χ0v) is 35.6. The molecule has 34 nitrogen and oxygen atoms in total. The molecule has 40 heteroatoms. The summed E-state index contributed by atoms with van der Waals surface area (Å²) in [6, 6.07) is 2.52. The lowest BCUT2D eigenvalue weighted by molar-refractivity contribution is 0.0673. The van der Waals surface area contributed by atoms with E-state index in [9.17, 15) is 97.6 Å². The van der Waals surface area contributed by atoms with Crippen LogP contribution in [0.4, 0.5) is 23.3 Å². The summed E-state index contributed by atoms with van der Waals surface area (Å²) in [5, 5.41) is 59.5. The zero-order valence-electron chi connectivity index (χ0n) is 30.7. The van der Waals surface area contributed by atoms with E-state index in [0.717, 1.165) is 0 Å². The Balaban J connectivity index is 0.000000247. The molecule has 0 aliphatic rings. The number of phenolic OH excluding ortho intramolecular Hbond substituents is 2. The maximum absolute atomic E-state index is 11.9. The molecule has 0 aliphatic heterocycles. The molecule has 12 N–H and O–H groups in total. The Kier molecular flexibility index (Phi) is 12.9. The van der Waals surface area contributed by atoms with Crippen molar-refractivity contribution in [3.05, 3.63) is 48.0 Å². The van der Waals surface area contributed by atoms with Gasteiger partial charge in [0.05, 0.1) is 9.79 Å². The summed E-state index contributed by atoms with van der Waals surface area (Å²) in [6.45, 7) is 0. The van der Waals surface area contributed by atoms with Gasteiger partial charge in [-0.25, -0.2) is 9.59 Å². The van der Waals surface area contributed by atoms with Crippen LogP contribution in [-0.2, 0) is 60.7 Å². The summed E-state index contributed by atoms with van der Waals surface area (Å²) in [6.07, 6.45) is 0. The Labute approximate surface area is 363 Å². The molecule has 2 heterocycles. The van der Waals surface area contributed by atoms with E-state index in [2.05, 4.69) is 40.6 Å². The molecule has 0 aliphatic carbocycles. The molecular formula is C26H18N10O24S6. The van der Waals surface area contributed by atoms with Crippen molar-refractivity contribution in [3.8, 4) is 11.5 Å². The fourth-order valence-electron chi connectivity index (χ4n) is 5.10. The van der Waals surface area contributed by atoms with E-state index in [1.165, 1.54) is 0 Å². The van der Waals surface area contributed by atoms with Crippen LogP contribution < -0.4 is 0 Å². The number of aromatic amines is 2. The maximum atomic E-state index is 11.9. The number of carbonyl (C=O) groups is 2. The molecule has 0 unspecified atom stereocenters. The average molecular weight is 1050 g/mol. The maximum Gasteiger partial charge on any atom is 0.373 e. The summed E-state index contributed by atoms with van der Waals surface area (Å²) in [5.74, 6) is -8.55. The lowest BCUT2D eigenvalue weighted by atomic mass is 10.1. The van der Waals surface area contributed by atoms with Crippen LogP contribution >= 0.6 is 0 Å². The third-order valence-electron chi connectivity index (χ3n) is 7.73. The molecule has 352 valence electrons. The lowest BCUT2D eigenvalue weighted by Gasteiger charge is -2.12. The molecule has 0 atom stereocenters. The predicted octanol–water partition coefficient (Wildman–Crippen LogP) is 1.03. The van der Waals surface area contributed by atoms with Crippen LogP contribution in [-0.4, -0.2) is 141 Å². The minimum absolute atomic E-state index is 0.285. The molecule has 0 radical (unpaired) electrons. The molecule has 0 saturated heterocycles. The Bertz CT molecular complexity index is 3850. The van der Waals surface area contributed by atoms with Crippen LogP contribution in [0.2, 0.25) is 0 Å². The van der Waals surface area contributed by atoms with Gasteiger partial charge in [0.15, 0.2) is 11.5 Å². The molecule has 6 rings (SSSR count). The fourth-order valence-corrected chi connectivity index (χ4v) is 9.02. The van der Waals surface area contributed by atoms with Crippen molar-refractivity contribution in [2.24, 2.45) is 20.5 Å². The van der Waals surface area contributed by atoms with Gasteiger partial charge >= 0.3 is 11.9 Å². The van der Waals surface area contributed by atoms with Crippen molar-refractivity contribution < 1.29 is 108 Å². The third kappa shape index (κ3) is 10.7. The van der Waals surface area contributed by atoms with Crippen molar-refractivity contribution in [2.75, 3.05) is 0 Å². The Hall–Kier alpha value is -7.12. The molecule has 0 fully saturated rings. The van der Waals surface area contributed by atoms with Crippen LogP contribution in [0.15, 0.2) is 86.2 Å². The number of carboxylic acid groups (broad SMARTS) is 2. The number of phenols is 2. The number of fused-ring (bicyclic) bond motifs is 2. The van der Waals surface area contributed by atoms with Crippen molar-refractivity contribution in [1.29, 1.82) is 0 Å². The van der Waals surface area contributed by atoms with E-state index in [1.54, 1.807) is 0 Å². The minimum Gasteiger partial charge on any atom is -0.504 e. The van der Waals surface area contributed by atoms with Crippen LogP contribution in [0.3, 0.4) is 0 Å². The standard InChI is InChI=1S/2C13H9N5O12S3/c19-10-8(33(28,29)30)3-5-6(1-4(31(22,23)24)2-7(5)32(25,26)27)9(10)15-17-13-14-11(12(20)21)16-18-13;19-10-7(33(28,29)30)2-4-1-5(31(22,23)24)3-6(32(25,26)27)8(4)9(10)15-17-13-14-11(12(20)21)16-18-13/h2*1-3,19H,(H,20,21)(H,14,16,18)(H,22,23,24)(H,25,26,27)(H,28,29,30). The Morgan fingerprint density at radius 2 is 0.848 bits per heavy atom. The molecule has 6 aromatic rings. The Morgan fingerprint density at radius 3 is 1.26 bits per heavy atom. The van der Waals surface area contributed by atoms with Gasteiger partial charge < -0.3 is 20.4 Å². The second-order valence-corrected chi connectivity index (χ2v) is 20.4. The van der Waals surface area contributed by atoms with Gasteiger partial charge in [-0.2, -0.15) is 60.5 Å². The summed E-state index contributed by atoms with van der Waals surface area (Å²) < 4.78 is 197. The molecular weight excluding hydrogens is 1030 g/mol. The van der Waals surface area contributed by atoms with Crippen molar-refractivity contribution in [3.63, 3.8) is 0 Å². The van der Waals surface area contributed by atoms with Crippen molar-refractivity contribution >= 4 is 117 Å². The van der Waals surface area contributed by atoms with E-state index >= 15 is 0 Å². The van der Waals surface area contributed by atoms with E-state index in [4.69, 9.17) is 10.2 Å². The summed E-state index contributed by atoms with van der Waals surface area (Å²) in [4.78, 5) is 21.1. The van der Waals surface area contributed by atoms with Crippen molar-refractivity contribution in [1.82, 2.24) is 30.4 Å². The Morgan fingerprint density at radius 1 is 0.455 bits per heavy atom. The lowest BCUT2D eigenvalue weighted by Crippen LogP contribution is -2.06. The molecule has 0 spiro atoms. The first-order valence-electron chi connectivity index (χ1n) is 15.7. The SMILES string of the molecule is O=C(O)c1nc(N=Nc2c(O)c(S(=O)(=O)O)cc3c(S(=O)(=O)O)cc(S(=O)(=O)O)cc23)n[nH]1.O=C(O)c1nc(N=Nc2c(O)c(S(=O)(=O)O)cc3cc(S(=O)(=O)O)cc(S(=O)(=O)O)c23)n[nH]1. The summed E-state index contributed by atoms with van der Waals surface area (Å²) in [5.41, 5.74) is -2.01. The number of hydrogen-bond donors (Lipinski definition) is 12. The first-order valence-corrected chi connectivity index (χ1v) is 24.3. The topological polar surface area (TPSA) is 574 Å². The molecule has 0 amide bonds.